The third-order valence-electron chi connectivity index (χ3n) is 2.66. The average molecular weight is 350 g/mol. The quantitative estimate of drug-likeness (QED) is 0.832. The van der Waals surface area contributed by atoms with Crippen LogP contribution in [0.4, 0.5) is 8.78 Å². The molecule has 2 aromatic rings. The molecule has 0 fully saturated rings. The number of halogens is 2. The van der Waals surface area contributed by atoms with E-state index >= 15 is 0 Å². The van der Waals surface area contributed by atoms with Crippen molar-refractivity contribution in [3.63, 3.8) is 0 Å². The van der Waals surface area contributed by atoms with Gasteiger partial charge in [-0.3, -0.25) is 0 Å². The van der Waals surface area contributed by atoms with E-state index in [0.717, 1.165) is 30.3 Å². The molecular weight excluding hydrogens is 342 g/mol. The van der Waals surface area contributed by atoms with E-state index in [0.29, 0.717) is 6.07 Å². The first-order chi connectivity index (χ1) is 9.73. The van der Waals surface area contributed by atoms with Gasteiger partial charge in [-0.15, -0.1) is 12.6 Å². The molecule has 0 bridgehead atoms. The molecule has 0 unspecified atom stereocenters. The van der Waals surface area contributed by atoms with Crippen LogP contribution in [0.3, 0.4) is 0 Å². The summed E-state index contributed by atoms with van der Waals surface area (Å²) in [5.74, 6) is -2.02. The van der Waals surface area contributed by atoms with Crippen molar-refractivity contribution in [1.29, 1.82) is 0 Å². The number of hydrogen-bond donors (Lipinski definition) is 2. The normalized spacial score (nSPS) is 11.8. The van der Waals surface area contributed by atoms with E-state index in [1.807, 2.05) is 0 Å². The van der Waals surface area contributed by atoms with Crippen LogP contribution in [-0.2, 0) is 20.5 Å². The lowest BCUT2D eigenvalue weighted by atomic mass is 10.3. The molecular formula is C12H8F2O4S3. The Bertz CT molecular complexity index is 881. The van der Waals surface area contributed by atoms with Gasteiger partial charge in [-0.1, -0.05) is 0 Å². The number of rotatable bonds is 3. The molecule has 0 heterocycles. The fraction of sp³-hybridized carbons (Fsp3) is 0. The Hall–Kier alpha value is -1.45. The fourth-order valence-corrected chi connectivity index (χ4v) is 3.45. The molecule has 4 nitrogen and oxygen atoms in total. The highest BCUT2D eigenvalue weighted by Crippen LogP contribution is 2.25. The average Bonchev–Trinajstić information content (AvgIpc) is 2.41. The summed E-state index contributed by atoms with van der Waals surface area (Å²) >= 11 is 3.78. The minimum Gasteiger partial charge on any atom is -0.227 e. The van der Waals surface area contributed by atoms with E-state index in [9.17, 15) is 25.6 Å². The summed E-state index contributed by atoms with van der Waals surface area (Å²) in [5.41, 5.74) is 0. The van der Waals surface area contributed by atoms with Gasteiger partial charge in [-0.05, 0) is 36.4 Å². The molecule has 0 saturated carbocycles. The van der Waals surface area contributed by atoms with Gasteiger partial charge in [0.1, 0.15) is 11.6 Å². The summed E-state index contributed by atoms with van der Waals surface area (Å²) in [6.07, 6.45) is 0. The summed E-state index contributed by atoms with van der Waals surface area (Å²) in [5, 5.41) is 0. The molecule has 9 heteroatoms. The van der Waals surface area contributed by atoms with Gasteiger partial charge in [0.2, 0.25) is 9.84 Å². The van der Waals surface area contributed by atoms with Gasteiger partial charge in [-0.25, -0.2) is 25.6 Å². The van der Waals surface area contributed by atoms with Crippen LogP contribution in [0.15, 0.2) is 56.0 Å². The molecule has 0 amide bonds. The zero-order chi connectivity index (χ0) is 15.8. The van der Waals surface area contributed by atoms with Crippen molar-refractivity contribution in [3.05, 3.63) is 48.0 Å². The van der Waals surface area contributed by atoms with E-state index in [1.54, 1.807) is 0 Å². The summed E-state index contributed by atoms with van der Waals surface area (Å²) in [6.45, 7) is 0. The molecule has 112 valence electrons. The van der Waals surface area contributed by atoms with Gasteiger partial charge in [-0.2, -0.15) is 0 Å². The maximum Gasteiger partial charge on any atom is 0.206 e. The second-order valence-corrected chi connectivity index (χ2v) is 7.41. The molecule has 0 saturated heterocycles. The lowest BCUT2D eigenvalue weighted by Crippen LogP contribution is -2.04. The van der Waals surface area contributed by atoms with Gasteiger partial charge < -0.3 is 0 Å². The van der Waals surface area contributed by atoms with Crippen LogP contribution in [0.2, 0.25) is 0 Å². The van der Waals surface area contributed by atoms with Crippen LogP contribution in [0, 0.1) is 11.6 Å². The maximum absolute atomic E-state index is 13.6. The van der Waals surface area contributed by atoms with Gasteiger partial charge >= 0.3 is 0 Å². The lowest BCUT2D eigenvalue weighted by molar-refractivity contribution is 0.568. The summed E-state index contributed by atoms with van der Waals surface area (Å²) in [7, 11) is -7.32. The smallest absolute Gasteiger partial charge is 0.206 e. The van der Waals surface area contributed by atoms with E-state index < -0.39 is 42.0 Å². The molecule has 0 spiro atoms. The Kier molecular flexibility index (Phi) is 4.35. The Morgan fingerprint density at radius 3 is 1.90 bits per heavy atom. The molecule has 2 rings (SSSR count). The minimum atomic E-state index is -4.15. The van der Waals surface area contributed by atoms with Crippen molar-refractivity contribution in [1.82, 2.24) is 0 Å². The highest BCUT2D eigenvalue weighted by Gasteiger charge is 2.21. The third-order valence-corrected chi connectivity index (χ3v) is 5.52. The van der Waals surface area contributed by atoms with Crippen molar-refractivity contribution in [2.24, 2.45) is 0 Å². The number of benzene rings is 2. The van der Waals surface area contributed by atoms with Gasteiger partial charge in [0.05, 0.1) is 14.7 Å². The number of thiol groups is 2. The fourth-order valence-electron chi connectivity index (χ4n) is 1.59. The highest BCUT2D eigenvalue weighted by molar-refractivity contribution is 7.91. The Balaban J connectivity index is 2.58. The topological polar surface area (TPSA) is 68.3 Å². The van der Waals surface area contributed by atoms with Crippen LogP contribution in [0.5, 0.6) is 0 Å². The summed E-state index contributed by atoms with van der Waals surface area (Å²) in [6, 6.07) is 5.42. The van der Waals surface area contributed by atoms with Crippen molar-refractivity contribution in [3.8, 4) is 0 Å². The zero-order valence-corrected chi connectivity index (χ0v) is 12.8. The van der Waals surface area contributed by atoms with E-state index in [2.05, 4.69) is 12.6 Å². The van der Waals surface area contributed by atoms with Gasteiger partial charge in [0, 0.05) is 4.90 Å². The van der Waals surface area contributed by atoms with Crippen LogP contribution in [0.1, 0.15) is 0 Å². The van der Waals surface area contributed by atoms with Crippen molar-refractivity contribution >= 4 is 33.2 Å². The Labute approximate surface area is 126 Å². The van der Waals surface area contributed by atoms with Crippen molar-refractivity contribution in [2.75, 3.05) is 0 Å². The summed E-state index contributed by atoms with van der Waals surface area (Å²) < 4.78 is 72.8. The molecule has 0 aliphatic rings. The molecule has 2 aromatic carbocycles. The summed E-state index contributed by atoms with van der Waals surface area (Å²) in [4.78, 5) is -1.48. The van der Waals surface area contributed by atoms with Crippen molar-refractivity contribution in [2.45, 2.75) is 19.6 Å². The van der Waals surface area contributed by atoms with Crippen LogP contribution < -0.4 is 0 Å². The van der Waals surface area contributed by atoms with E-state index in [1.165, 1.54) is 0 Å². The van der Waals surface area contributed by atoms with E-state index in [-0.39, 0.29) is 9.79 Å². The zero-order valence-electron chi connectivity index (χ0n) is 10.2. The van der Waals surface area contributed by atoms with Crippen LogP contribution in [0.25, 0.3) is 0 Å². The molecule has 0 N–H and O–H groups in total. The molecule has 0 radical (unpaired) electrons. The Morgan fingerprint density at radius 2 is 1.43 bits per heavy atom. The Morgan fingerprint density at radius 1 is 0.905 bits per heavy atom. The second kappa shape index (κ2) is 5.74. The number of hydrogen-bond acceptors (Lipinski definition) is 5. The SMILES string of the molecule is O=[SH](=O)c1ccc(S(=O)(=O)c2ccc(S)c(F)c2)cc1F. The van der Waals surface area contributed by atoms with Crippen LogP contribution >= 0.6 is 12.6 Å². The van der Waals surface area contributed by atoms with Crippen LogP contribution in [-0.4, -0.2) is 16.8 Å². The minimum absolute atomic E-state index is 0.0289. The van der Waals surface area contributed by atoms with E-state index in [4.69, 9.17) is 0 Å². The molecule has 0 aliphatic carbocycles. The largest absolute Gasteiger partial charge is 0.227 e. The molecule has 0 atom stereocenters. The third kappa shape index (κ3) is 3.09. The second-order valence-electron chi connectivity index (χ2n) is 3.99. The van der Waals surface area contributed by atoms with Gasteiger partial charge in [0.15, 0.2) is 10.7 Å². The first-order valence-corrected chi connectivity index (χ1v) is 8.52. The molecule has 21 heavy (non-hydrogen) atoms. The first kappa shape index (κ1) is 15.9. The predicted octanol–water partition coefficient (Wildman–Crippen LogP) is 2.06. The maximum atomic E-state index is 13.6. The molecule has 0 aromatic heterocycles. The van der Waals surface area contributed by atoms with Crippen molar-refractivity contribution < 1.29 is 25.6 Å². The first-order valence-electron chi connectivity index (χ1n) is 5.41. The van der Waals surface area contributed by atoms with Gasteiger partial charge in [0.25, 0.3) is 0 Å². The lowest BCUT2D eigenvalue weighted by Gasteiger charge is -2.06. The monoisotopic (exact) mass is 350 g/mol. The standard InChI is InChI=1S/C12H8F2O4S3/c13-9-5-7(1-3-11(9)19)21(17,18)8-2-4-12(20(15)16)10(14)6-8/h1-6,19-20H. The predicted molar refractivity (Wildman–Crippen MR) is 74.1 cm³/mol. The highest BCUT2D eigenvalue weighted by atomic mass is 32.2. The molecule has 0 aliphatic heterocycles. The number of sulfone groups is 1.